The van der Waals surface area contributed by atoms with Gasteiger partial charge in [0.2, 0.25) is 5.95 Å². The van der Waals surface area contributed by atoms with Crippen LogP contribution < -0.4 is 5.32 Å². The van der Waals surface area contributed by atoms with Crippen LogP contribution in [0.2, 0.25) is 0 Å². The van der Waals surface area contributed by atoms with Crippen molar-refractivity contribution >= 4 is 33.9 Å². The minimum absolute atomic E-state index is 0.0955. The SMILES string of the molecule is CC(C)n1ncc2c(C(=O)Nc3nc4ccccc4[nH]3)cc(-c3ccco3)nc21. The quantitative estimate of drug-likeness (QED) is 0.477. The van der Waals surface area contributed by atoms with Crippen molar-refractivity contribution in [2.45, 2.75) is 19.9 Å². The molecule has 0 bridgehead atoms. The van der Waals surface area contributed by atoms with Crippen molar-refractivity contribution in [3.05, 3.63) is 60.5 Å². The number of aromatic amines is 1. The monoisotopic (exact) mass is 386 g/mol. The minimum atomic E-state index is -0.299. The van der Waals surface area contributed by atoms with Crippen molar-refractivity contribution in [3.8, 4) is 11.5 Å². The maximum absolute atomic E-state index is 13.1. The Hall–Kier alpha value is -3.94. The maximum Gasteiger partial charge on any atom is 0.258 e. The number of fused-ring (bicyclic) bond motifs is 2. The number of carbonyl (C=O) groups excluding carboxylic acids is 1. The molecule has 8 nitrogen and oxygen atoms in total. The summed E-state index contributed by atoms with van der Waals surface area (Å²) in [5.74, 6) is 0.672. The second-order valence-electron chi connectivity index (χ2n) is 7.01. The number of para-hydroxylation sites is 2. The summed E-state index contributed by atoms with van der Waals surface area (Å²) in [6.07, 6.45) is 3.25. The van der Waals surface area contributed by atoms with Crippen LogP contribution in [0.25, 0.3) is 33.5 Å². The minimum Gasteiger partial charge on any atom is -0.463 e. The van der Waals surface area contributed by atoms with Crippen molar-refractivity contribution in [1.82, 2.24) is 24.7 Å². The fourth-order valence-electron chi connectivity index (χ4n) is 3.32. The van der Waals surface area contributed by atoms with Crippen molar-refractivity contribution in [3.63, 3.8) is 0 Å². The number of aromatic nitrogens is 5. The highest BCUT2D eigenvalue weighted by Gasteiger charge is 2.20. The highest BCUT2D eigenvalue weighted by molar-refractivity contribution is 6.12. The van der Waals surface area contributed by atoms with E-state index in [2.05, 4.69) is 25.4 Å². The zero-order valence-electron chi connectivity index (χ0n) is 15.9. The summed E-state index contributed by atoms with van der Waals surface area (Å²) < 4.78 is 7.29. The number of hydrogen-bond donors (Lipinski definition) is 2. The van der Waals surface area contributed by atoms with E-state index >= 15 is 0 Å². The largest absolute Gasteiger partial charge is 0.463 e. The number of H-pyrrole nitrogens is 1. The van der Waals surface area contributed by atoms with E-state index < -0.39 is 0 Å². The number of nitrogens with one attached hydrogen (secondary N) is 2. The first kappa shape index (κ1) is 17.2. The van der Waals surface area contributed by atoms with E-state index in [1.807, 2.05) is 44.2 Å². The Balaban J connectivity index is 1.61. The van der Waals surface area contributed by atoms with Crippen molar-refractivity contribution < 1.29 is 9.21 Å². The molecule has 5 rings (SSSR count). The van der Waals surface area contributed by atoms with Crippen molar-refractivity contribution in [1.29, 1.82) is 0 Å². The van der Waals surface area contributed by atoms with Gasteiger partial charge in [0.25, 0.3) is 5.91 Å². The topological polar surface area (TPSA) is 102 Å². The molecule has 0 atom stereocenters. The second kappa shape index (κ2) is 6.59. The van der Waals surface area contributed by atoms with Crippen LogP contribution in [0, 0.1) is 0 Å². The number of imidazole rings is 1. The predicted molar refractivity (Wildman–Crippen MR) is 110 cm³/mol. The summed E-state index contributed by atoms with van der Waals surface area (Å²) in [6.45, 7) is 4.03. The molecule has 5 aromatic rings. The third-order valence-electron chi connectivity index (χ3n) is 4.70. The summed E-state index contributed by atoms with van der Waals surface area (Å²) in [6, 6.07) is 13.0. The van der Waals surface area contributed by atoms with E-state index in [1.165, 1.54) is 0 Å². The Morgan fingerprint density at radius 1 is 1.17 bits per heavy atom. The highest BCUT2D eigenvalue weighted by atomic mass is 16.3. The van der Waals surface area contributed by atoms with Crippen LogP contribution in [0.1, 0.15) is 30.2 Å². The van der Waals surface area contributed by atoms with Gasteiger partial charge in [-0.3, -0.25) is 10.1 Å². The smallest absolute Gasteiger partial charge is 0.258 e. The number of nitrogens with zero attached hydrogens (tertiary/aromatic N) is 4. The zero-order chi connectivity index (χ0) is 20.0. The number of amides is 1. The van der Waals surface area contributed by atoms with Gasteiger partial charge in [0.1, 0.15) is 5.69 Å². The average Bonchev–Trinajstić information content (AvgIpc) is 3.45. The molecule has 0 spiro atoms. The summed E-state index contributed by atoms with van der Waals surface area (Å²) in [5, 5.41) is 7.94. The Morgan fingerprint density at radius 3 is 2.79 bits per heavy atom. The van der Waals surface area contributed by atoms with Crippen LogP contribution in [-0.2, 0) is 0 Å². The molecular formula is C21H18N6O2. The second-order valence-corrected chi connectivity index (χ2v) is 7.01. The molecule has 1 aromatic carbocycles. The van der Waals surface area contributed by atoms with Gasteiger partial charge in [-0.2, -0.15) is 5.10 Å². The van der Waals surface area contributed by atoms with Gasteiger partial charge in [0.05, 0.1) is 34.4 Å². The van der Waals surface area contributed by atoms with Crippen LogP contribution in [0.3, 0.4) is 0 Å². The normalized spacial score (nSPS) is 11.6. The molecule has 8 heteroatoms. The maximum atomic E-state index is 13.1. The summed E-state index contributed by atoms with van der Waals surface area (Å²) in [4.78, 5) is 25.4. The lowest BCUT2D eigenvalue weighted by Gasteiger charge is -2.09. The van der Waals surface area contributed by atoms with Crippen LogP contribution >= 0.6 is 0 Å². The number of carbonyl (C=O) groups is 1. The average molecular weight is 386 g/mol. The van der Waals surface area contributed by atoms with Crippen LogP contribution in [-0.4, -0.2) is 30.6 Å². The number of rotatable bonds is 4. The fourth-order valence-corrected chi connectivity index (χ4v) is 3.32. The van der Waals surface area contributed by atoms with Gasteiger partial charge in [-0.15, -0.1) is 0 Å². The molecule has 0 fully saturated rings. The number of pyridine rings is 1. The molecule has 29 heavy (non-hydrogen) atoms. The van der Waals surface area contributed by atoms with E-state index in [9.17, 15) is 4.79 Å². The molecule has 4 aromatic heterocycles. The molecule has 144 valence electrons. The number of furan rings is 1. The van der Waals surface area contributed by atoms with Crippen molar-refractivity contribution in [2.75, 3.05) is 5.32 Å². The molecular weight excluding hydrogens is 368 g/mol. The van der Waals surface area contributed by atoms with E-state index in [4.69, 9.17) is 4.42 Å². The summed E-state index contributed by atoms with van der Waals surface area (Å²) in [7, 11) is 0. The molecule has 4 heterocycles. The van der Waals surface area contributed by atoms with Gasteiger partial charge >= 0.3 is 0 Å². The van der Waals surface area contributed by atoms with E-state index in [0.29, 0.717) is 34.0 Å². The first-order chi connectivity index (χ1) is 14.1. The number of benzene rings is 1. The molecule has 0 aliphatic heterocycles. The van der Waals surface area contributed by atoms with Gasteiger partial charge in [-0.05, 0) is 44.2 Å². The van der Waals surface area contributed by atoms with Gasteiger partial charge < -0.3 is 9.40 Å². The van der Waals surface area contributed by atoms with Gasteiger partial charge in [0.15, 0.2) is 11.4 Å². The van der Waals surface area contributed by atoms with Crippen molar-refractivity contribution in [2.24, 2.45) is 0 Å². The van der Waals surface area contributed by atoms with Crippen LogP contribution in [0.4, 0.5) is 5.95 Å². The molecule has 0 saturated heterocycles. The van der Waals surface area contributed by atoms with E-state index in [0.717, 1.165) is 11.0 Å². The lowest BCUT2D eigenvalue weighted by atomic mass is 10.1. The Kier molecular flexibility index (Phi) is 3.90. The summed E-state index contributed by atoms with van der Waals surface area (Å²) in [5.41, 5.74) is 3.29. The molecule has 0 aliphatic rings. The standard InChI is InChI=1S/C21H18N6O2/c1-12(2)27-19-14(11-22-27)13(10-17(23-19)18-8-5-9-29-18)20(28)26-21-24-15-6-3-4-7-16(15)25-21/h3-12H,1-2H3,(H2,24,25,26,28). The highest BCUT2D eigenvalue weighted by Crippen LogP contribution is 2.27. The lowest BCUT2D eigenvalue weighted by Crippen LogP contribution is -2.14. The van der Waals surface area contributed by atoms with Gasteiger partial charge in [-0.1, -0.05) is 12.1 Å². The molecule has 0 aliphatic carbocycles. The first-order valence-corrected chi connectivity index (χ1v) is 9.28. The molecule has 2 N–H and O–H groups in total. The zero-order valence-corrected chi connectivity index (χ0v) is 15.9. The first-order valence-electron chi connectivity index (χ1n) is 9.28. The predicted octanol–water partition coefficient (Wildman–Crippen LogP) is 4.40. The summed E-state index contributed by atoms with van der Waals surface area (Å²) >= 11 is 0. The molecule has 1 amide bonds. The third kappa shape index (κ3) is 2.94. The number of hydrogen-bond acceptors (Lipinski definition) is 5. The lowest BCUT2D eigenvalue weighted by molar-refractivity contribution is 0.102. The van der Waals surface area contributed by atoms with Crippen LogP contribution in [0.15, 0.2) is 59.3 Å². The molecule has 0 radical (unpaired) electrons. The van der Waals surface area contributed by atoms with E-state index in [-0.39, 0.29) is 11.9 Å². The number of anilines is 1. The fraction of sp³-hybridized carbons (Fsp3) is 0.143. The van der Waals surface area contributed by atoms with Crippen LogP contribution in [0.5, 0.6) is 0 Å². The third-order valence-corrected chi connectivity index (χ3v) is 4.70. The van der Waals surface area contributed by atoms with E-state index in [1.54, 1.807) is 29.3 Å². The Bertz CT molecular complexity index is 1300. The molecule has 0 unspecified atom stereocenters. The Labute approximate surface area is 165 Å². The Morgan fingerprint density at radius 2 is 2.03 bits per heavy atom. The molecule has 0 saturated carbocycles. The van der Waals surface area contributed by atoms with Gasteiger partial charge in [-0.25, -0.2) is 14.6 Å². The van der Waals surface area contributed by atoms with Gasteiger partial charge in [0, 0.05) is 6.04 Å².